The number of carbonyl (C=O) groups is 2. The molecule has 0 aromatic heterocycles. The second-order valence-electron chi connectivity index (χ2n) is 7.15. The van der Waals surface area contributed by atoms with Crippen molar-refractivity contribution in [1.29, 1.82) is 0 Å². The molecule has 132 valence electrons. The van der Waals surface area contributed by atoms with Gasteiger partial charge in [0, 0.05) is 36.3 Å². The van der Waals surface area contributed by atoms with Crippen LogP contribution < -0.4 is 15.4 Å². The first kappa shape index (κ1) is 18.1. The minimum Gasteiger partial charge on any atom is -0.497 e. The molecule has 6 nitrogen and oxygen atoms in total. The van der Waals surface area contributed by atoms with Crippen molar-refractivity contribution in [2.24, 2.45) is 5.41 Å². The number of rotatable bonds is 3. The lowest BCUT2D eigenvalue weighted by atomic mass is 9.94. The molecule has 6 heteroatoms. The molecule has 0 unspecified atom stereocenters. The van der Waals surface area contributed by atoms with Gasteiger partial charge >= 0.3 is 6.03 Å². The lowest BCUT2D eigenvalue weighted by Gasteiger charge is -2.33. The average Bonchev–Trinajstić information content (AvgIpc) is 2.54. The number of anilines is 1. The zero-order chi connectivity index (χ0) is 17.7. The molecule has 3 amide bonds. The third kappa shape index (κ3) is 4.88. The molecule has 24 heavy (non-hydrogen) atoms. The molecular formula is C18H27N3O3. The van der Waals surface area contributed by atoms with E-state index in [1.165, 1.54) is 0 Å². The van der Waals surface area contributed by atoms with E-state index < -0.39 is 0 Å². The summed E-state index contributed by atoms with van der Waals surface area (Å²) in [4.78, 5) is 26.2. The summed E-state index contributed by atoms with van der Waals surface area (Å²) in [5.74, 6) is 0.762. The quantitative estimate of drug-likeness (QED) is 0.893. The van der Waals surface area contributed by atoms with Gasteiger partial charge in [0.05, 0.1) is 7.11 Å². The van der Waals surface area contributed by atoms with Gasteiger partial charge in [0.15, 0.2) is 0 Å². The first-order valence-corrected chi connectivity index (χ1v) is 8.30. The lowest BCUT2D eigenvalue weighted by molar-refractivity contribution is -0.129. The van der Waals surface area contributed by atoms with E-state index in [4.69, 9.17) is 4.74 Å². The van der Waals surface area contributed by atoms with E-state index in [-0.39, 0.29) is 23.4 Å². The van der Waals surface area contributed by atoms with Crippen molar-refractivity contribution in [1.82, 2.24) is 10.2 Å². The molecule has 0 radical (unpaired) electrons. The predicted molar refractivity (Wildman–Crippen MR) is 94.2 cm³/mol. The van der Waals surface area contributed by atoms with E-state index in [0.717, 1.165) is 12.8 Å². The Kier molecular flexibility index (Phi) is 5.70. The highest BCUT2D eigenvalue weighted by Crippen LogP contribution is 2.19. The summed E-state index contributed by atoms with van der Waals surface area (Å²) in [6, 6.07) is 7.30. The Morgan fingerprint density at radius 3 is 2.46 bits per heavy atom. The zero-order valence-corrected chi connectivity index (χ0v) is 14.9. The van der Waals surface area contributed by atoms with E-state index >= 15 is 0 Å². The van der Waals surface area contributed by atoms with Gasteiger partial charge in [0.25, 0.3) is 0 Å². The maximum Gasteiger partial charge on any atom is 0.321 e. The van der Waals surface area contributed by atoms with Crippen molar-refractivity contribution in [2.75, 3.05) is 25.5 Å². The fourth-order valence-corrected chi connectivity index (χ4v) is 2.53. The Morgan fingerprint density at radius 2 is 1.88 bits per heavy atom. The number of hydrogen-bond donors (Lipinski definition) is 2. The van der Waals surface area contributed by atoms with Gasteiger partial charge in [0.1, 0.15) is 5.75 Å². The number of nitrogens with zero attached hydrogens (tertiary/aromatic N) is 1. The number of methoxy groups -OCH3 is 1. The number of piperidine rings is 1. The van der Waals surface area contributed by atoms with Crippen LogP contribution in [0.25, 0.3) is 0 Å². The Labute approximate surface area is 143 Å². The maximum atomic E-state index is 12.3. The molecule has 0 atom stereocenters. The third-order valence-electron chi connectivity index (χ3n) is 4.12. The number of urea groups is 1. The van der Waals surface area contributed by atoms with Crippen molar-refractivity contribution < 1.29 is 14.3 Å². The SMILES string of the molecule is COc1cccc(NC(=O)N2CCC(NC(=O)C(C)(C)C)CC2)c1. The molecule has 0 saturated carbocycles. The summed E-state index contributed by atoms with van der Waals surface area (Å²) in [6.07, 6.45) is 1.54. The van der Waals surface area contributed by atoms with Crippen LogP contribution in [0.15, 0.2) is 24.3 Å². The molecule has 1 aromatic rings. The Hall–Kier alpha value is -2.24. The predicted octanol–water partition coefficient (Wildman–Crippen LogP) is 2.85. The number of likely N-dealkylation sites (tertiary alicyclic amines) is 1. The van der Waals surface area contributed by atoms with Crippen LogP contribution in [-0.4, -0.2) is 43.1 Å². The highest BCUT2D eigenvalue weighted by Gasteiger charge is 2.27. The highest BCUT2D eigenvalue weighted by atomic mass is 16.5. The van der Waals surface area contributed by atoms with Crippen LogP contribution in [0.3, 0.4) is 0 Å². The van der Waals surface area contributed by atoms with Gasteiger partial charge in [-0.1, -0.05) is 26.8 Å². The van der Waals surface area contributed by atoms with Crippen molar-refractivity contribution in [3.05, 3.63) is 24.3 Å². The summed E-state index contributed by atoms with van der Waals surface area (Å²) in [5, 5.41) is 5.96. The number of hydrogen-bond acceptors (Lipinski definition) is 3. The third-order valence-corrected chi connectivity index (χ3v) is 4.12. The van der Waals surface area contributed by atoms with E-state index in [1.807, 2.05) is 39.0 Å². The molecule has 1 aliphatic heterocycles. The molecular weight excluding hydrogens is 306 g/mol. The maximum absolute atomic E-state index is 12.3. The Balaban J connectivity index is 1.83. The van der Waals surface area contributed by atoms with Crippen LogP contribution in [0.5, 0.6) is 5.75 Å². The fourth-order valence-electron chi connectivity index (χ4n) is 2.53. The Bertz CT molecular complexity index is 587. The molecule has 0 aliphatic carbocycles. The number of ether oxygens (including phenoxy) is 1. The van der Waals surface area contributed by atoms with Crippen LogP contribution in [0.4, 0.5) is 10.5 Å². The molecule has 0 spiro atoms. The standard InChI is InChI=1S/C18H27N3O3/c1-18(2,3)16(22)19-13-8-10-21(11-9-13)17(23)20-14-6-5-7-15(12-14)24-4/h5-7,12-13H,8-11H2,1-4H3,(H,19,22)(H,20,23). The van der Waals surface area contributed by atoms with E-state index in [2.05, 4.69) is 10.6 Å². The molecule has 1 saturated heterocycles. The molecule has 2 N–H and O–H groups in total. The van der Waals surface area contributed by atoms with Crippen LogP contribution >= 0.6 is 0 Å². The van der Waals surface area contributed by atoms with Gasteiger partial charge in [-0.05, 0) is 25.0 Å². The van der Waals surface area contributed by atoms with E-state index in [1.54, 1.807) is 18.1 Å². The minimum absolute atomic E-state index is 0.0572. The van der Waals surface area contributed by atoms with Crippen molar-refractivity contribution in [3.8, 4) is 5.75 Å². The highest BCUT2D eigenvalue weighted by molar-refractivity contribution is 5.89. The van der Waals surface area contributed by atoms with Crippen molar-refractivity contribution in [3.63, 3.8) is 0 Å². The minimum atomic E-state index is -0.388. The first-order valence-electron chi connectivity index (χ1n) is 8.30. The first-order chi connectivity index (χ1) is 11.3. The summed E-state index contributed by atoms with van der Waals surface area (Å²) in [7, 11) is 1.59. The molecule has 1 aromatic carbocycles. The molecule has 2 rings (SSSR count). The van der Waals surface area contributed by atoms with Gasteiger partial charge in [-0.2, -0.15) is 0 Å². The number of benzene rings is 1. The van der Waals surface area contributed by atoms with Crippen LogP contribution in [0.1, 0.15) is 33.6 Å². The molecule has 0 bridgehead atoms. The second kappa shape index (κ2) is 7.55. The van der Waals surface area contributed by atoms with Gasteiger partial charge in [-0.15, -0.1) is 0 Å². The van der Waals surface area contributed by atoms with Gasteiger partial charge in [-0.3, -0.25) is 4.79 Å². The van der Waals surface area contributed by atoms with Crippen molar-refractivity contribution >= 4 is 17.6 Å². The average molecular weight is 333 g/mol. The number of carbonyl (C=O) groups excluding carboxylic acids is 2. The van der Waals surface area contributed by atoms with Crippen molar-refractivity contribution in [2.45, 2.75) is 39.7 Å². The summed E-state index contributed by atoms with van der Waals surface area (Å²) >= 11 is 0. The van der Waals surface area contributed by atoms with Crippen LogP contribution in [0.2, 0.25) is 0 Å². The topological polar surface area (TPSA) is 70.7 Å². The fraction of sp³-hybridized carbons (Fsp3) is 0.556. The number of amides is 3. The normalized spacial score (nSPS) is 15.8. The largest absolute Gasteiger partial charge is 0.497 e. The monoisotopic (exact) mass is 333 g/mol. The van der Waals surface area contributed by atoms with Gasteiger partial charge < -0.3 is 20.3 Å². The summed E-state index contributed by atoms with van der Waals surface area (Å²) in [6.45, 7) is 6.97. The Morgan fingerprint density at radius 1 is 1.21 bits per heavy atom. The van der Waals surface area contributed by atoms with E-state index in [9.17, 15) is 9.59 Å². The van der Waals surface area contributed by atoms with Gasteiger partial charge in [0.2, 0.25) is 5.91 Å². The summed E-state index contributed by atoms with van der Waals surface area (Å²) in [5.41, 5.74) is 0.323. The summed E-state index contributed by atoms with van der Waals surface area (Å²) < 4.78 is 5.16. The lowest BCUT2D eigenvalue weighted by Crippen LogP contribution is -2.49. The van der Waals surface area contributed by atoms with Crippen LogP contribution in [0, 0.1) is 5.41 Å². The molecule has 1 aliphatic rings. The smallest absolute Gasteiger partial charge is 0.321 e. The number of nitrogens with one attached hydrogen (secondary N) is 2. The van der Waals surface area contributed by atoms with Gasteiger partial charge in [-0.25, -0.2) is 4.79 Å². The van der Waals surface area contributed by atoms with E-state index in [0.29, 0.717) is 24.5 Å². The van der Waals surface area contributed by atoms with Crippen LogP contribution in [-0.2, 0) is 4.79 Å². The second-order valence-corrected chi connectivity index (χ2v) is 7.15. The molecule has 1 fully saturated rings. The molecule has 1 heterocycles. The zero-order valence-electron chi connectivity index (χ0n) is 14.9.